The number of ether oxygens (including phenoxy) is 3. The van der Waals surface area contributed by atoms with Crippen molar-refractivity contribution in [2.75, 3.05) is 21.3 Å². The summed E-state index contributed by atoms with van der Waals surface area (Å²) in [6.07, 6.45) is 0. The standard InChI is InChI=1S/C18H16INO3.CHCl3/c1-20-18-13-10-15(22-3)14(21-2)9-12(13)17(23-18)16(19)11-7-5-4-6-8-11;2-1(3)4/h4-10H,1-3H3;1H/b17-16+,20-18?;. The van der Waals surface area contributed by atoms with E-state index in [1.807, 2.05) is 30.3 Å². The number of hydrogen-bond acceptors (Lipinski definition) is 4. The Morgan fingerprint density at radius 2 is 1.52 bits per heavy atom. The predicted octanol–water partition coefficient (Wildman–Crippen LogP) is 6.36. The number of nitrogens with zero attached hydrogens (tertiary/aromatic N) is 1. The SMILES string of the molecule is CN=C1O/C(=C(/I)c2ccccc2)c2cc(OC)c(OC)cc21.ClC(Cl)Cl. The summed E-state index contributed by atoms with van der Waals surface area (Å²) >= 11 is 16.7. The third-order valence-corrected chi connectivity index (χ3v) is 4.74. The number of halogens is 4. The maximum Gasteiger partial charge on any atom is 0.222 e. The molecular formula is C19H17Cl3INO3. The van der Waals surface area contributed by atoms with E-state index in [0.29, 0.717) is 17.4 Å². The summed E-state index contributed by atoms with van der Waals surface area (Å²) in [6, 6.07) is 14.0. The van der Waals surface area contributed by atoms with Crippen molar-refractivity contribution < 1.29 is 14.2 Å². The summed E-state index contributed by atoms with van der Waals surface area (Å²) in [7, 11) is 4.96. The second-order valence-electron chi connectivity index (χ2n) is 5.14. The van der Waals surface area contributed by atoms with Crippen LogP contribution in [0.2, 0.25) is 0 Å². The summed E-state index contributed by atoms with van der Waals surface area (Å²) in [5.41, 5.74) is 2.96. The van der Waals surface area contributed by atoms with Crippen LogP contribution in [0.4, 0.5) is 0 Å². The number of methoxy groups -OCH3 is 2. The van der Waals surface area contributed by atoms with Crippen LogP contribution in [-0.2, 0) is 4.74 Å². The van der Waals surface area contributed by atoms with Gasteiger partial charge in [-0.1, -0.05) is 65.1 Å². The molecule has 0 bridgehead atoms. The maximum atomic E-state index is 6.01. The molecule has 0 aliphatic carbocycles. The molecule has 0 spiro atoms. The summed E-state index contributed by atoms with van der Waals surface area (Å²) in [6.45, 7) is 0. The molecule has 3 rings (SSSR count). The molecule has 8 heteroatoms. The zero-order valence-corrected chi connectivity index (χ0v) is 19.2. The lowest BCUT2D eigenvalue weighted by atomic mass is 10.0. The molecule has 2 aromatic carbocycles. The Bertz CT molecular complexity index is 852. The van der Waals surface area contributed by atoms with E-state index < -0.39 is 4.30 Å². The highest BCUT2D eigenvalue weighted by Crippen LogP contribution is 2.43. The average Bonchev–Trinajstić information content (AvgIpc) is 3.04. The fourth-order valence-electron chi connectivity index (χ4n) is 2.50. The summed E-state index contributed by atoms with van der Waals surface area (Å²) < 4.78 is 17.1. The fraction of sp³-hybridized carbons (Fsp3) is 0.211. The van der Waals surface area contributed by atoms with Crippen LogP contribution in [0.1, 0.15) is 16.7 Å². The zero-order valence-electron chi connectivity index (χ0n) is 14.8. The van der Waals surface area contributed by atoms with Crippen molar-refractivity contribution in [3.05, 3.63) is 59.2 Å². The minimum atomic E-state index is -0.750. The normalized spacial score (nSPS) is 15.6. The minimum Gasteiger partial charge on any atom is -0.493 e. The van der Waals surface area contributed by atoms with Crippen LogP contribution >= 0.6 is 57.4 Å². The minimum absolute atomic E-state index is 0.584. The van der Waals surface area contributed by atoms with Gasteiger partial charge in [0.15, 0.2) is 21.6 Å². The highest BCUT2D eigenvalue weighted by atomic mass is 127. The van der Waals surface area contributed by atoms with E-state index in [9.17, 15) is 0 Å². The van der Waals surface area contributed by atoms with Gasteiger partial charge in [0.05, 0.1) is 23.4 Å². The molecule has 0 atom stereocenters. The third-order valence-electron chi connectivity index (χ3n) is 3.63. The van der Waals surface area contributed by atoms with Crippen LogP contribution in [0.15, 0.2) is 47.5 Å². The number of benzene rings is 2. The molecule has 1 aliphatic heterocycles. The first-order valence-electron chi connectivity index (χ1n) is 7.71. The lowest BCUT2D eigenvalue weighted by Gasteiger charge is -2.09. The number of hydrogen-bond donors (Lipinski definition) is 0. The van der Waals surface area contributed by atoms with Gasteiger partial charge >= 0.3 is 0 Å². The quantitative estimate of drug-likeness (QED) is 0.336. The average molecular weight is 541 g/mol. The molecule has 0 unspecified atom stereocenters. The summed E-state index contributed by atoms with van der Waals surface area (Å²) in [5.74, 6) is 2.70. The van der Waals surface area contributed by atoms with Gasteiger partial charge in [0.2, 0.25) is 5.90 Å². The molecule has 0 amide bonds. The zero-order chi connectivity index (χ0) is 20.0. The van der Waals surface area contributed by atoms with Crippen molar-refractivity contribution in [1.29, 1.82) is 0 Å². The van der Waals surface area contributed by atoms with Gasteiger partial charge in [-0.05, 0) is 40.3 Å². The van der Waals surface area contributed by atoms with E-state index in [1.165, 1.54) is 0 Å². The second kappa shape index (κ2) is 10.4. The Balaban J connectivity index is 0.000000596. The molecule has 1 heterocycles. The highest BCUT2D eigenvalue weighted by molar-refractivity contribution is 14.1. The summed E-state index contributed by atoms with van der Waals surface area (Å²) in [4.78, 5) is 4.25. The Hall–Kier alpha value is -1.15. The van der Waals surface area contributed by atoms with Gasteiger partial charge in [0.1, 0.15) is 0 Å². The van der Waals surface area contributed by atoms with Gasteiger partial charge in [0, 0.05) is 12.6 Å². The molecule has 0 radical (unpaired) electrons. The molecule has 0 fully saturated rings. The van der Waals surface area contributed by atoms with Crippen molar-refractivity contribution in [2.24, 2.45) is 4.99 Å². The molecule has 2 aromatic rings. The van der Waals surface area contributed by atoms with Crippen molar-refractivity contribution in [3.63, 3.8) is 0 Å². The van der Waals surface area contributed by atoms with Crippen LogP contribution < -0.4 is 9.47 Å². The van der Waals surface area contributed by atoms with Crippen LogP contribution in [0.3, 0.4) is 0 Å². The third kappa shape index (κ3) is 5.44. The van der Waals surface area contributed by atoms with Crippen LogP contribution in [-0.4, -0.2) is 31.5 Å². The Kier molecular flexibility index (Phi) is 8.54. The molecule has 4 nitrogen and oxygen atoms in total. The Labute approximate surface area is 187 Å². The van der Waals surface area contributed by atoms with Gasteiger partial charge in [-0.25, -0.2) is 0 Å². The number of fused-ring (bicyclic) bond motifs is 1. The van der Waals surface area contributed by atoms with Crippen LogP contribution in [0, 0.1) is 0 Å². The summed E-state index contributed by atoms with van der Waals surface area (Å²) in [5, 5.41) is 0. The van der Waals surface area contributed by atoms with Crippen molar-refractivity contribution in [2.45, 2.75) is 4.30 Å². The molecule has 0 saturated carbocycles. The predicted molar refractivity (Wildman–Crippen MR) is 122 cm³/mol. The fourth-order valence-corrected chi connectivity index (χ4v) is 3.26. The van der Waals surface area contributed by atoms with E-state index >= 15 is 0 Å². The van der Waals surface area contributed by atoms with E-state index in [-0.39, 0.29) is 0 Å². The van der Waals surface area contributed by atoms with Gasteiger partial charge in [-0.3, -0.25) is 4.99 Å². The maximum absolute atomic E-state index is 6.01. The monoisotopic (exact) mass is 539 g/mol. The van der Waals surface area contributed by atoms with Gasteiger partial charge in [-0.2, -0.15) is 0 Å². The van der Waals surface area contributed by atoms with E-state index in [0.717, 1.165) is 26.0 Å². The van der Waals surface area contributed by atoms with E-state index in [4.69, 9.17) is 49.0 Å². The van der Waals surface area contributed by atoms with Gasteiger partial charge in [-0.15, -0.1) is 0 Å². The van der Waals surface area contributed by atoms with Crippen molar-refractivity contribution in [1.82, 2.24) is 0 Å². The lowest BCUT2D eigenvalue weighted by Crippen LogP contribution is -1.98. The van der Waals surface area contributed by atoms with E-state index in [2.05, 4.69) is 39.7 Å². The van der Waals surface area contributed by atoms with E-state index in [1.54, 1.807) is 21.3 Å². The first kappa shape index (κ1) is 22.1. The van der Waals surface area contributed by atoms with Gasteiger partial charge in [0.25, 0.3) is 0 Å². The number of alkyl halides is 3. The molecule has 144 valence electrons. The van der Waals surface area contributed by atoms with Crippen LogP contribution in [0.5, 0.6) is 11.5 Å². The molecule has 0 saturated heterocycles. The smallest absolute Gasteiger partial charge is 0.222 e. The van der Waals surface area contributed by atoms with Crippen molar-refractivity contribution >= 4 is 72.6 Å². The topological polar surface area (TPSA) is 40.0 Å². The van der Waals surface area contributed by atoms with Gasteiger partial charge < -0.3 is 14.2 Å². The second-order valence-corrected chi connectivity index (χ2v) is 8.20. The van der Waals surface area contributed by atoms with Crippen molar-refractivity contribution in [3.8, 4) is 11.5 Å². The number of aliphatic imine (C=N–C) groups is 1. The molecule has 0 aromatic heterocycles. The largest absolute Gasteiger partial charge is 0.493 e. The first-order chi connectivity index (χ1) is 12.9. The number of rotatable bonds is 3. The molecular weight excluding hydrogens is 523 g/mol. The Morgan fingerprint density at radius 1 is 1.00 bits per heavy atom. The molecule has 1 aliphatic rings. The first-order valence-corrected chi connectivity index (χ1v) is 10.1. The van der Waals surface area contributed by atoms with Crippen LogP contribution in [0.25, 0.3) is 9.34 Å². The molecule has 0 N–H and O–H groups in total. The Morgan fingerprint density at radius 3 is 2.00 bits per heavy atom. The highest BCUT2D eigenvalue weighted by Gasteiger charge is 2.29. The molecule has 27 heavy (non-hydrogen) atoms. The lowest BCUT2D eigenvalue weighted by molar-refractivity contribution is 0.355.